The number of fused-ring (bicyclic) bond motifs is 2. The molecule has 1 aliphatic rings. The van der Waals surface area contributed by atoms with E-state index in [0.29, 0.717) is 41.4 Å². The van der Waals surface area contributed by atoms with Gasteiger partial charge in [-0.1, -0.05) is 18.2 Å². The lowest BCUT2D eigenvalue weighted by Gasteiger charge is -2.32. The molecule has 29 heavy (non-hydrogen) atoms. The van der Waals surface area contributed by atoms with Gasteiger partial charge < -0.3 is 15.3 Å². The zero-order chi connectivity index (χ0) is 20.6. The Hall–Kier alpha value is -2.39. The fourth-order valence-corrected chi connectivity index (χ4v) is 5.21. The summed E-state index contributed by atoms with van der Waals surface area (Å²) >= 11 is 0. The maximum Gasteiger partial charge on any atom is 0.131 e. The van der Waals surface area contributed by atoms with Crippen LogP contribution in [0.2, 0.25) is 0 Å². The number of hydrogen-bond donors (Lipinski definition) is 4. The van der Waals surface area contributed by atoms with E-state index < -0.39 is 10.6 Å². The van der Waals surface area contributed by atoms with E-state index in [-0.39, 0.29) is 18.2 Å². The van der Waals surface area contributed by atoms with E-state index in [0.717, 1.165) is 16.6 Å². The highest BCUT2D eigenvalue weighted by molar-refractivity contribution is 8.24. The molecule has 0 bridgehead atoms. The summed E-state index contributed by atoms with van der Waals surface area (Å²) in [6.07, 6.45) is 0. The number of aliphatic hydroxyl groups is 1. The van der Waals surface area contributed by atoms with Gasteiger partial charge in [0, 0.05) is 42.3 Å². The Morgan fingerprint density at radius 1 is 1.21 bits per heavy atom. The van der Waals surface area contributed by atoms with Crippen LogP contribution in [0.3, 0.4) is 0 Å². The van der Waals surface area contributed by atoms with Crippen LogP contribution in [0.15, 0.2) is 47.4 Å². The maximum atomic E-state index is 14.2. The Balaban J connectivity index is 1.82. The highest BCUT2D eigenvalue weighted by atomic mass is 32.3. The molecule has 154 valence electrons. The van der Waals surface area contributed by atoms with Crippen LogP contribution < -0.4 is 10.2 Å². The first kappa shape index (κ1) is 19.9. The minimum Gasteiger partial charge on any atom is -0.395 e. The van der Waals surface area contributed by atoms with Crippen LogP contribution in [0.5, 0.6) is 0 Å². The largest absolute Gasteiger partial charge is 0.395 e. The van der Waals surface area contributed by atoms with Gasteiger partial charge in [-0.25, -0.2) is 9.37 Å². The topological polar surface area (TPSA) is 88.9 Å². The molecular formula is C21H24FN3O3S. The van der Waals surface area contributed by atoms with E-state index >= 15 is 0 Å². The molecule has 0 radical (unpaired) electrons. The van der Waals surface area contributed by atoms with Gasteiger partial charge in [-0.3, -0.25) is 9.11 Å². The van der Waals surface area contributed by atoms with Gasteiger partial charge in [0.1, 0.15) is 11.6 Å². The maximum absolute atomic E-state index is 14.2. The number of aliphatic hydroxyl groups excluding tert-OH is 1. The molecule has 1 aliphatic heterocycles. The van der Waals surface area contributed by atoms with Crippen molar-refractivity contribution in [2.75, 3.05) is 35.7 Å². The molecule has 4 N–H and O–H groups in total. The van der Waals surface area contributed by atoms with Gasteiger partial charge in [-0.15, -0.1) is 0 Å². The van der Waals surface area contributed by atoms with Gasteiger partial charge in [0.15, 0.2) is 0 Å². The fourth-order valence-electron chi connectivity index (χ4n) is 3.67. The molecule has 0 spiro atoms. The van der Waals surface area contributed by atoms with Crippen LogP contribution in [0.25, 0.3) is 10.9 Å². The van der Waals surface area contributed by atoms with Crippen LogP contribution in [-0.4, -0.2) is 44.6 Å². The van der Waals surface area contributed by atoms with Crippen LogP contribution in [0.1, 0.15) is 11.1 Å². The van der Waals surface area contributed by atoms with Crippen molar-refractivity contribution in [3.63, 3.8) is 0 Å². The third-order valence-electron chi connectivity index (χ3n) is 5.24. The predicted molar refractivity (Wildman–Crippen MR) is 115 cm³/mol. The molecule has 0 amide bonds. The number of aryl methyl sites for hydroxylation is 1. The SMILES string of the molecule is Cc1c(F)ccc2c(NCCO)cc(N3CCS(O)(O)c4ccccc4C3)nc12. The van der Waals surface area contributed by atoms with Crippen molar-refractivity contribution in [2.24, 2.45) is 0 Å². The number of halogens is 1. The summed E-state index contributed by atoms with van der Waals surface area (Å²) in [5.74, 6) is 0.495. The summed E-state index contributed by atoms with van der Waals surface area (Å²) in [5, 5.41) is 13.2. The summed E-state index contributed by atoms with van der Waals surface area (Å²) < 4.78 is 35.4. The highest BCUT2D eigenvalue weighted by Gasteiger charge is 2.26. The molecule has 1 aromatic heterocycles. The molecule has 0 saturated carbocycles. The summed E-state index contributed by atoms with van der Waals surface area (Å²) in [6.45, 7) is 2.90. The molecule has 4 rings (SSSR count). The molecule has 0 saturated heterocycles. The minimum absolute atomic E-state index is 0.0304. The fraction of sp³-hybridized carbons (Fsp3) is 0.286. The number of hydrogen-bond acceptors (Lipinski definition) is 6. The van der Waals surface area contributed by atoms with Crippen molar-refractivity contribution in [3.05, 3.63) is 59.4 Å². The van der Waals surface area contributed by atoms with E-state index in [1.807, 2.05) is 23.1 Å². The van der Waals surface area contributed by atoms with E-state index in [9.17, 15) is 18.6 Å². The van der Waals surface area contributed by atoms with Crippen molar-refractivity contribution in [1.82, 2.24) is 4.98 Å². The first-order chi connectivity index (χ1) is 13.9. The van der Waals surface area contributed by atoms with Gasteiger partial charge >= 0.3 is 0 Å². The van der Waals surface area contributed by atoms with E-state index in [2.05, 4.69) is 5.32 Å². The Kier molecular flexibility index (Phi) is 5.35. The van der Waals surface area contributed by atoms with Gasteiger partial charge in [0.25, 0.3) is 0 Å². The normalized spacial score (nSPS) is 16.9. The van der Waals surface area contributed by atoms with Gasteiger partial charge in [-0.2, -0.15) is 10.6 Å². The lowest BCUT2D eigenvalue weighted by atomic mass is 10.1. The molecule has 0 atom stereocenters. The van der Waals surface area contributed by atoms with Crippen molar-refractivity contribution >= 4 is 33.0 Å². The van der Waals surface area contributed by atoms with E-state index in [4.69, 9.17) is 4.98 Å². The lowest BCUT2D eigenvalue weighted by molar-refractivity contribution is 0.311. The van der Waals surface area contributed by atoms with Crippen molar-refractivity contribution in [2.45, 2.75) is 18.4 Å². The molecule has 0 aliphatic carbocycles. The van der Waals surface area contributed by atoms with Crippen LogP contribution in [0.4, 0.5) is 15.9 Å². The Morgan fingerprint density at radius 3 is 2.79 bits per heavy atom. The minimum atomic E-state index is -2.88. The summed E-state index contributed by atoms with van der Waals surface area (Å²) in [7, 11) is -2.88. The first-order valence-corrected chi connectivity index (χ1v) is 11.2. The standard InChI is InChI=1S/C21H24FN3O3S/c1-14-17(22)7-6-16-18(23-8-10-26)12-20(24-21(14)16)25-9-11-29(27,28)19-5-3-2-4-15(19)13-25/h2-7,12,26-28H,8-11,13H2,1H3,(H,23,24). The molecule has 2 aromatic carbocycles. The Labute approximate surface area is 170 Å². The second kappa shape index (κ2) is 7.79. The smallest absolute Gasteiger partial charge is 0.131 e. The number of rotatable bonds is 4. The summed E-state index contributed by atoms with van der Waals surface area (Å²) in [6, 6.07) is 12.3. The zero-order valence-electron chi connectivity index (χ0n) is 16.1. The quantitative estimate of drug-likeness (QED) is 0.508. The second-order valence-corrected chi connectivity index (χ2v) is 9.33. The number of pyridine rings is 1. The third-order valence-corrected chi connectivity index (χ3v) is 7.09. The molecule has 3 aromatic rings. The molecule has 2 heterocycles. The van der Waals surface area contributed by atoms with Crippen LogP contribution >= 0.6 is 10.6 Å². The van der Waals surface area contributed by atoms with Gasteiger partial charge in [-0.05, 0) is 30.7 Å². The summed E-state index contributed by atoms with van der Waals surface area (Å²) in [5.41, 5.74) is 2.60. The molecule has 8 heteroatoms. The second-order valence-electron chi connectivity index (χ2n) is 7.15. The van der Waals surface area contributed by atoms with E-state index in [1.54, 1.807) is 25.1 Å². The molecular weight excluding hydrogens is 393 g/mol. The first-order valence-electron chi connectivity index (χ1n) is 9.44. The van der Waals surface area contributed by atoms with Crippen molar-refractivity contribution in [1.29, 1.82) is 0 Å². The van der Waals surface area contributed by atoms with Gasteiger partial charge in [0.05, 0.1) is 22.8 Å². The number of benzene rings is 2. The zero-order valence-corrected chi connectivity index (χ0v) is 16.9. The van der Waals surface area contributed by atoms with Crippen LogP contribution in [-0.2, 0) is 6.54 Å². The number of nitrogens with zero attached hydrogens (tertiary/aromatic N) is 2. The summed E-state index contributed by atoms with van der Waals surface area (Å²) in [4.78, 5) is 7.27. The average Bonchev–Trinajstić information content (AvgIpc) is 2.85. The van der Waals surface area contributed by atoms with Gasteiger partial charge in [0.2, 0.25) is 0 Å². The monoisotopic (exact) mass is 417 g/mol. The highest BCUT2D eigenvalue weighted by Crippen LogP contribution is 2.51. The molecule has 6 nitrogen and oxygen atoms in total. The Morgan fingerprint density at radius 2 is 2.00 bits per heavy atom. The number of anilines is 2. The molecule has 0 fully saturated rings. The van der Waals surface area contributed by atoms with Crippen LogP contribution in [0, 0.1) is 12.7 Å². The predicted octanol–water partition coefficient (Wildman–Crippen LogP) is 4.22. The average molecular weight is 418 g/mol. The Bertz CT molecular complexity index is 1060. The number of nitrogens with one attached hydrogen (secondary N) is 1. The van der Waals surface area contributed by atoms with Crippen molar-refractivity contribution < 1.29 is 18.6 Å². The van der Waals surface area contributed by atoms with Crippen molar-refractivity contribution in [3.8, 4) is 0 Å². The molecule has 0 unspecified atom stereocenters. The lowest BCUT2D eigenvalue weighted by Crippen LogP contribution is -2.26. The number of aromatic nitrogens is 1. The van der Waals surface area contributed by atoms with E-state index in [1.165, 1.54) is 6.07 Å². The third kappa shape index (κ3) is 3.76.